The lowest BCUT2D eigenvalue weighted by Gasteiger charge is -2.05. The van der Waals surface area contributed by atoms with Crippen LogP contribution in [0.2, 0.25) is 10.0 Å². The van der Waals surface area contributed by atoms with Gasteiger partial charge in [0.05, 0.1) is 0 Å². The molecular formula is C13H9Cl2NO. The van der Waals surface area contributed by atoms with Crippen LogP contribution in [0.25, 0.3) is 0 Å². The molecule has 0 saturated heterocycles. The predicted octanol–water partition coefficient (Wildman–Crippen LogP) is 3.81. The lowest BCUT2D eigenvalue weighted by Crippen LogP contribution is -2.05. The van der Waals surface area contributed by atoms with E-state index in [1.807, 2.05) is 0 Å². The van der Waals surface area contributed by atoms with Crippen LogP contribution in [-0.4, -0.2) is 5.78 Å². The fourth-order valence-corrected chi connectivity index (χ4v) is 1.90. The summed E-state index contributed by atoms with van der Waals surface area (Å²) in [5.74, 6) is -0.165. The van der Waals surface area contributed by atoms with Gasteiger partial charge < -0.3 is 5.73 Å². The van der Waals surface area contributed by atoms with Crippen LogP contribution < -0.4 is 5.73 Å². The first kappa shape index (κ1) is 12.0. The van der Waals surface area contributed by atoms with Crippen LogP contribution in [0.4, 0.5) is 5.69 Å². The summed E-state index contributed by atoms with van der Waals surface area (Å²) in [5.41, 5.74) is 7.06. The second-order valence-electron chi connectivity index (χ2n) is 3.57. The summed E-state index contributed by atoms with van der Waals surface area (Å²) in [6.07, 6.45) is 0. The van der Waals surface area contributed by atoms with Gasteiger partial charge in [0.2, 0.25) is 0 Å². The minimum absolute atomic E-state index is 0.165. The summed E-state index contributed by atoms with van der Waals surface area (Å²) in [4.78, 5) is 12.1. The fourth-order valence-electron chi connectivity index (χ4n) is 1.53. The van der Waals surface area contributed by atoms with Crippen LogP contribution in [0.1, 0.15) is 15.9 Å². The Kier molecular flexibility index (Phi) is 3.36. The fraction of sp³-hybridized carbons (Fsp3) is 0. The zero-order valence-corrected chi connectivity index (χ0v) is 10.3. The van der Waals surface area contributed by atoms with Gasteiger partial charge in [0, 0.05) is 26.9 Å². The minimum Gasteiger partial charge on any atom is -0.398 e. The molecule has 2 nitrogen and oxygen atoms in total. The first-order valence-corrected chi connectivity index (χ1v) is 5.69. The number of carbonyl (C=O) groups excluding carboxylic acids is 1. The van der Waals surface area contributed by atoms with E-state index in [2.05, 4.69) is 0 Å². The maximum Gasteiger partial charge on any atom is 0.195 e. The predicted molar refractivity (Wildman–Crippen MR) is 70.7 cm³/mol. The Morgan fingerprint density at radius 1 is 1.00 bits per heavy atom. The Morgan fingerprint density at radius 3 is 2.35 bits per heavy atom. The summed E-state index contributed by atoms with van der Waals surface area (Å²) in [6, 6.07) is 11.5. The quantitative estimate of drug-likeness (QED) is 0.663. The topological polar surface area (TPSA) is 43.1 Å². The monoisotopic (exact) mass is 265 g/mol. The normalized spacial score (nSPS) is 10.2. The molecule has 0 radical (unpaired) electrons. The maximum absolute atomic E-state index is 12.1. The van der Waals surface area contributed by atoms with Gasteiger partial charge in [-0.15, -0.1) is 0 Å². The summed E-state index contributed by atoms with van der Waals surface area (Å²) in [6.45, 7) is 0. The Bertz CT molecular complexity index is 581. The molecule has 0 aromatic heterocycles. The first-order valence-electron chi connectivity index (χ1n) is 4.93. The van der Waals surface area contributed by atoms with Crippen LogP contribution in [-0.2, 0) is 0 Å². The molecule has 86 valence electrons. The molecule has 0 aliphatic carbocycles. The zero-order valence-electron chi connectivity index (χ0n) is 8.78. The van der Waals surface area contributed by atoms with E-state index in [0.29, 0.717) is 26.9 Å². The Hall–Kier alpha value is -1.51. The number of carbonyl (C=O) groups is 1. The second-order valence-corrected chi connectivity index (χ2v) is 4.44. The number of hydrogen-bond donors (Lipinski definition) is 1. The second kappa shape index (κ2) is 4.78. The average molecular weight is 266 g/mol. The van der Waals surface area contributed by atoms with Crippen molar-refractivity contribution in [3.05, 3.63) is 63.6 Å². The van der Waals surface area contributed by atoms with Gasteiger partial charge in [0.15, 0.2) is 5.78 Å². The highest BCUT2D eigenvalue weighted by atomic mass is 35.5. The molecule has 4 heteroatoms. The molecule has 0 spiro atoms. The molecule has 2 aromatic carbocycles. The molecule has 2 rings (SSSR count). The third-order valence-corrected chi connectivity index (χ3v) is 2.82. The van der Waals surface area contributed by atoms with Crippen molar-refractivity contribution >= 4 is 34.7 Å². The lowest BCUT2D eigenvalue weighted by molar-refractivity contribution is 0.103. The van der Waals surface area contributed by atoms with Crippen molar-refractivity contribution < 1.29 is 4.79 Å². The van der Waals surface area contributed by atoms with Gasteiger partial charge in [0.1, 0.15) is 0 Å². The number of ketones is 1. The van der Waals surface area contributed by atoms with Crippen LogP contribution in [0.15, 0.2) is 42.5 Å². The van der Waals surface area contributed by atoms with E-state index in [0.717, 1.165) is 0 Å². The summed E-state index contributed by atoms with van der Waals surface area (Å²) in [5, 5.41) is 1.02. The number of nitrogen functional groups attached to an aromatic ring is 1. The number of hydrogen-bond acceptors (Lipinski definition) is 2. The molecule has 0 unspecified atom stereocenters. The standard InChI is InChI=1S/C13H9Cl2NO/c14-9-3-1-2-8(6-9)13(17)11-5-4-10(15)7-12(11)16/h1-7H,16H2. The van der Waals surface area contributed by atoms with Crippen molar-refractivity contribution in [3.8, 4) is 0 Å². The number of nitrogens with two attached hydrogens (primary N) is 1. The van der Waals surface area contributed by atoms with E-state index in [1.54, 1.807) is 42.5 Å². The van der Waals surface area contributed by atoms with Gasteiger partial charge in [-0.1, -0.05) is 35.3 Å². The maximum atomic E-state index is 12.1. The highest BCUT2D eigenvalue weighted by molar-refractivity contribution is 6.32. The van der Waals surface area contributed by atoms with Crippen molar-refractivity contribution in [3.63, 3.8) is 0 Å². The Labute approximate surface area is 109 Å². The van der Waals surface area contributed by atoms with Crippen LogP contribution in [0.3, 0.4) is 0 Å². The van der Waals surface area contributed by atoms with Crippen molar-refractivity contribution in [1.29, 1.82) is 0 Å². The molecule has 0 saturated carbocycles. The van der Waals surface area contributed by atoms with E-state index < -0.39 is 0 Å². The van der Waals surface area contributed by atoms with Crippen molar-refractivity contribution in [2.24, 2.45) is 0 Å². The molecule has 0 aliphatic heterocycles. The van der Waals surface area contributed by atoms with Crippen molar-refractivity contribution in [2.45, 2.75) is 0 Å². The number of halogens is 2. The van der Waals surface area contributed by atoms with E-state index >= 15 is 0 Å². The van der Waals surface area contributed by atoms with Gasteiger partial charge in [0.25, 0.3) is 0 Å². The van der Waals surface area contributed by atoms with Crippen LogP contribution in [0.5, 0.6) is 0 Å². The largest absolute Gasteiger partial charge is 0.398 e. The van der Waals surface area contributed by atoms with E-state index in [4.69, 9.17) is 28.9 Å². The van der Waals surface area contributed by atoms with Crippen LogP contribution >= 0.6 is 23.2 Å². The van der Waals surface area contributed by atoms with Gasteiger partial charge in [-0.2, -0.15) is 0 Å². The van der Waals surface area contributed by atoms with Gasteiger partial charge in [-0.3, -0.25) is 4.79 Å². The molecule has 2 N–H and O–H groups in total. The lowest BCUT2D eigenvalue weighted by atomic mass is 10.0. The Balaban J connectivity index is 2.44. The zero-order chi connectivity index (χ0) is 12.4. The molecular weight excluding hydrogens is 257 g/mol. The summed E-state index contributed by atoms with van der Waals surface area (Å²) in [7, 11) is 0. The first-order chi connectivity index (χ1) is 8.08. The molecule has 0 bridgehead atoms. The number of anilines is 1. The third kappa shape index (κ3) is 2.60. The van der Waals surface area contributed by atoms with Crippen molar-refractivity contribution in [2.75, 3.05) is 5.73 Å². The van der Waals surface area contributed by atoms with Crippen molar-refractivity contribution in [1.82, 2.24) is 0 Å². The highest BCUT2D eigenvalue weighted by Crippen LogP contribution is 2.22. The average Bonchev–Trinajstić information content (AvgIpc) is 2.28. The van der Waals surface area contributed by atoms with E-state index in [-0.39, 0.29) is 5.78 Å². The molecule has 17 heavy (non-hydrogen) atoms. The number of rotatable bonds is 2. The Morgan fingerprint density at radius 2 is 1.71 bits per heavy atom. The van der Waals surface area contributed by atoms with Gasteiger partial charge in [-0.05, 0) is 30.3 Å². The highest BCUT2D eigenvalue weighted by Gasteiger charge is 2.12. The number of benzene rings is 2. The molecule has 0 heterocycles. The van der Waals surface area contributed by atoms with Crippen LogP contribution in [0, 0.1) is 0 Å². The molecule has 0 amide bonds. The minimum atomic E-state index is -0.165. The molecule has 0 fully saturated rings. The molecule has 0 atom stereocenters. The molecule has 2 aromatic rings. The van der Waals surface area contributed by atoms with Gasteiger partial charge >= 0.3 is 0 Å². The smallest absolute Gasteiger partial charge is 0.195 e. The van der Waals surface area contributed by atoms with Gasteiger partial charge in [-0.25, -0.2) is 0 Å². The molecule has 0 aliphatic rings. The van der Waals surface area contributed by atoms with E-state index in [9.17, 15) is 4.79 Å². The third-order valence-electron chi connectivity index (χ3n) is 2.35. The SMILES string of the molecule is Nc1cc(Cl)ccc1C(=O)c1cccc(Cl)c1. The summed E-state index contributed by atoms with van der Waals surface area (Å²) >= 11 is 11.6. The van der Waals surface area contributed by atoms with E-state index in [1.165, 1.54) is 0 Å². The summed E-state index contributed by atoms with van der Waals surface area (Å²) < 4.78 is 0.